The summed E-state index contributed by atoms with van der Waals surface area (Å²) in [7, 11) is -1.65. The minimum atomic E-state index is -1.65. The Labute approximate surface area is 102 Å². The summed E-state index contributed by atoms with van der Waals surface area (Å²) in [5.41, 5.74) is 0.743. The van der Waals surface area contributed by atoms with Crippen molar-refractivity contribution in [1.29, 1.82) is 0 Å². The minimum absolute atomic E-state index is 0.0770. The minimum Gasteiger partial charge on any atom is -0.422 e. The molecule has 2 aromatic rings. The fraction of sp³-hybridized carbons (Fsp3) is 0. The van der Waals surface area contributed by atoms with Crippen LogP contribution in [0.2, 0.25) is 0 Å². The summed E-state index contributed by atoms with van der Waals surface area (Å²) in [5, 5.41) is 22.0. The van der Waals surface area contributed by atoms with Crippen LogP contribution in [0.1, 0.15) is 9.80 Å². The molecule has 0 aliphatic heterocycles. The molecular formula is C10H9BN2O3S. The number of rotatable bonds is 3. The zero-order valence-corrected chi connectivity index (χ0v) is 9.52. The van der Waals surface area contributed by atoms with Gasteiger partial charge in [0.15, 0.2) is 5.01 Å². The van der Waals surface area contributed by atoms with Crippen LogP contribution in [-0.4, -0.2) is 28.1 Å². The van der Waals surface area contributed by atoms with E-state index in [4.69, 9.17) is 10.0 Å². The number of carbonyl (C=O) groups is 1. The molecule has 5 nitrogen and oxygen atoms in total. The fourth-order valence-electron chi connectivity index (χ4n) is 1.22. The van der Waals surface area contributed by atoms with Crippen LogP contribution < -0.4 is 10.9 Å². The van der Waals surface area contributed by atoms with E-state index >= 15 is 0 Å². The van der Waals surface area contributed by atoms with E-state index in [1.54, 1.807) is 24.3 Å². The third kappa shape index (κ3) is 2.91. The van der Waals surface area contributed by atoms with Gasteiger partial charge in [0.1, 0.15) is 0 Å². The van der Waals surface area contributed by atoms with Gasteiger partial charge in [-0.05, 0) is 12.1 Å². The zero-order valence-electron chi connectivity index (χ0n) is 8.70. The standard InChI is InChI=1S/C10H9BN2O3S/c14-9(12-7-4-2-1-3-5-7)10-13-8(6-17-10)11(15)16/h1-6,15-16H,(H,12,14). The van der Waals surface area contributed by atoms with E-state index in [0.29, 0.717) is 5.69 Å². The van der Waals surface area contributed by atoms with Crippen LogP contribution in [0.25, 0.3) is 0 Å². The van der Waals surface area contributed by atoms with Gasteiger partial charge in [0.25, 0.3) is 5.91 Å². The van der Waals surface area contributed by atoms with E-state index in [1.165, 1.54) is 5.38 Å². The van der Waals surface area contributed by atoms with Gasteiger partial charge in [-0.3, -0.25) is 4.79 Å². The van der Waals surface area contributed by atoms with E-state index < -0.39 is 7.12 Å². The zero-order chi connectivity index (χ0) is 12.3. The van der Waals surface area contributed by atoms with Gasteiger partial charge in [-0.15, -0.1) is 11.3 Å². The molecule has 0 aliphatic carbocycles. The highest BCUT2D eigenvalue weighted by Crippen LogP contribution is 2.09. The second-order valence-electron chi connectivity index (χ2n) is 3.27. The predicted octanol–water partition coefficient (Wildman–Crippen LogP) is 0.0752. The van der Waals surface area contributed by atoms with Crippen LogP contribution in [-0.2, 0) is 0 Å². The maximum Gasteiger partial charge on any atom is 0.509 e. The smallest absolute Gasteiger partial charge is 0.422 e. The van der Waals surface area contributed by atoms with Crippen LogP contribution >= 0.6 is 11.3 Å². The molecular weight excluding hydrogens is 239 g/mol. The van der Waals surface area contributed by atoms with E-state index in [-0.39, 0.29) is 16.5 Å². The van der Waals surface area contributed by atoms with Crippen molar-refractivity contribution >= 4 is 35.6 Å². The number of para-hydroxylation sites is 1. The number of thiazole rings is 1. The molecule has 1 aromatic carbocycles. The summed E-state index contributed by atoms with van der Waals surface area (Å²) >= 11 is 1.06. The quantitative estimate of drug-likeness (QED) is 0.671. The van der Waals surface area contributed by atoms with E-state index in [9.17, 15) is 4.79 Å². The normalized spacial score (nSPS) is 10.0. The number of hydrogen-bond acceptors (Lipinski definition) is 5. The molecule has 3 N–H and O–H groups in total. The lowest BCUT2D eigenvalue weighted by Gasteiger charge is -2.01. The summed E-state index contributed by atoms with van der Waals surface area (Å²) in [5.74, 6) is -0.367. The number of aromatic nitrogens is 1. The van der Waals surface area contributed by atoms with Gasteiger partial charge >= 0.3 is 7.12 Å². The molecule has 0 saturated heterocycles. The summed E-state index contributed by atoms with van der Waals surface area (Å²) in [6.45, 7) is 0. The monoisotopic (exact) mass is 248 g/mol. The first kappa shape index (κ1) is 11.8. The van der Waals surface area contributed by atoms with Crippen molar-refractivity contribution < 1.29 is 14.8 Å². The first-order valence-electron chi connectivity index (χ1n) is 4.85. The van der Waals surface area contributed by atoms with E-state index in [1.807, 2.05) is 6.07 Å². The molecule has 0 radical (unpaired) electrons. The van der Waals surface area contributed by atoms with Crippen molar-refractivity contribution in [2.45, 2.75) is 0 Å². The highest BCUT2D eigenvalue weighted by atomic mass is 32.1. The number of nitrogens with zero attached hydrogens (tertiary/aromatic N) is 1. The molecule has 0 saturated carbocycles. The van der Waals surface area contributed by atoms with Gasteiger partial charge < -0.3 is 15.4 Å². The molecule has 1 aromatic heterocycles. The molecule has 86 valence electrons. The Kier molecular flexibility index (Phi) is 3.53. The Hall–Kier alpha value is -1.70. The van der Waals surface area contributed by atoms with Gasteiger partial charge in [-0.2, -0.15) is 0 Å². The molecule has 0 aliphatic rings. The second kappa shape index (κ2) is 5.09. The van der Waals surface area contributed by atoms with Gasteiger partial charge in [0.05, 0.1) is 5.59 Å². The van der Waals surface area contributed by atoms with Crippen LogP contribution in [0, 0.1) is 0 Å². The summed E-state index contributed by atoms with van der Waals surface area (Å²) < 4.78 is 0. The number of hydrogen-bond donors (Lipinski definition) is 3. The van der Waals surface area contributed by atoms with Crippen molar-refractivity contribution in [1.82, 2.24) is 4.98 Å². The maximum atomic E-state index is 11.7. The Morgan fingerprint density at radius 3 is 2.59 bits per heavy atom. The number of carbonyl (C=O) groups excluding carboxylic acids is 1. The molecule has 0 fully saturated rings. The Morgan fingerprint density at radius 1 is 1.29 bits per heavy atom. The van der Waals surface area contributed by atoms with Crippen LogP contribution in [0.3, 0.4) is 0 Å². The van der Waals surface area contributed by atoms with Gasteiger partial charge in [-0.25, -0.2) is 4.98 Å². The van der Waals surface area contributed by atoms with Crippen molar-refractivity contribution in [3.8, 4) is 0 Å². The summed E-state index contributed by atoms with van der Waals surface area (Å²) in [4.78, 5) is 15.5. The number of benzene rings is 1. The van der Waals surface area contributed by atoms with Crippen molar-refractivity contribution in [3.63, 3.8) is 0 Å². The third-order valence-corrected chi connectivity index (χ3v) is 2.87. The lowest BCUT2D eigenvalue weighted by atomic mass is 9.88. The highest BCUT2D eigenvalue weighted by molar-refractivity contribution is 7.12. The maximum absolute atomic E-state index is 11.7. The number of anilines is 1. The lowest BCUT2D eigenvalue weighted by molar-refractivity contribution is 0.102. The molecule has 7 heteroatoms. The van der Waals surface area contributed by atoms with Crippen molar-refractivity contribution in [2.24, 2.45) is 0 Å². The Balaban J connectivity index is 2.10. The highest BCUT2D eigenvalue weighted by Gasteiger charge is 2.18. The SMILES string of the molecule is O=C(Nc1ccccc1)c1nc(B(O)O)cs1. The van der Waals surface area contributed by atoms with E-state index in [0.717, 1.165) is 11.3 Å². The topological polar surface area (TPSA) is 82.5 Å². The Bertz CT molecular complexity index is 515. The van der Waals surface area contributed by atoms with Gasteiger partial charge in [-0.1, -0.05) is 18.2 Å². The van der Waals surface area contributed by atoms with E-state index in [2.05, 4.69) is 10.3 Å². The molecule has 17 heavy (non-hydrogen) atoms. The molecule has 1 amide bonds. The molecule has 0 bridgehead atoms. The van der Waals surface area contributed by atoms with Crippen LogP contribution in [0.4, 0.5) is 5.69 Å². The third-order valence-electron chi connectivity index (χ3n) is 2.01. The molecule has 0 unspecified atom stereocenters. The van der Waals surface area contributed by atoms with Crippen LogP contribution in [0.15, 0.2) is 35.7 Å². The molecule has 1 heterocycles. The molecule has 0 spiro atoms. The first-order chi connectivity index (χ1) is 8.16. The van der Waals surface area contributed by atoms with Crippen LogP contribution in [0.5, 0.6) is 0 Å². The molecule has 2 rings (SSSR count). The van der Waals surface area contributed by atoms with Gasteiger partial charge in [0.2, 0.25) is 0 Å². The Morgan fingerprint density at radius 2 is 2.00 bits per heavy atom. The van der Waals surface area contributed by atoms with Crippen molar-refractivity contribution in [3.05, 3.63) is 40.7 Å². The molecule has 0 atom stereocenters. The number of amides is 1. The summed E-state index contributed by atoms with van der Waals surface area (Å²) in [6.07, 6.45) is 0. The summed E-state index contributed by atoms with van der Waals surface area (Å²) in [6, 6.07) is 8.97. The average Bonchev–Trinajstić information content (AvgIpc) is 2.79. The fourth-order valence-corrected chi connectivity index (χ4v) is 1.94. The first-order valence-corrected chi connectivity index (χ1v) is 5.73. The van der Waals surface area contributed by atoms with Crippen molar-refractivity contribution in [2.75, 3.05) is 5.32 Å². The lowest BCUT2D eigenvalue weighted by Crippen LogP contribution is -2.31. The number of nitrogens with one attached hydrogen (secondary N) is 1. The average molecular weight is 248 g/mol. The second-order valence-corrected chi connectivity index (χ2v) is 4.13. The predicted molar refractivity (Wildman–Crippen MR) is 66.3 cm³/mol. The van der Waals surface area contributed by atoms with Gasteiger partial charge in [0, 0.05) is 11.1 Å². The largest absolute Gasteiger partial charge is 0.509 e.